The van der Waals surface area contributed by atoms with Gasteiger partial charge in [0.1, 0.15) is 36.8 Å². The second-order valence-electron chi connectivity index (χ2n) is 18.9. The van der Waals surface area contributed by atoms with Gasteiger partial charge in [-0.05, 0) is 70.6 Å². The molecule has 1 rings (SSSR count). The number of allylic oxidation sites excluding steroid dienone is 6. The van der Waals surface area contributed by atoms with E-state index in [2.05, 4.69) is 50.3 Å². The molecule has 1 fully saturated rings. The Kier molecular flexibility index (Phi) is 41.2. The smallest absolute Gasteiger partial charge is 0.306 e. The van der Waals surface area contributed by atoms with E-state index in [1.807, 2.05) is 0 Å². The van der Waals surface area contributed by atoms with Gasteiger partial charge in [0, 0.05) is 12.8 Å². The average molecular weight is 971 g/mol. The maximum absolute atomic E-state index is 12.9. The fourth-order valence-electron chi connectivity index (χ4n) is 8.23. The van der Waals surface area contributed by atoms with Crippen LogP contribution in [0.4, 0.5) is 0 Å². The first-order valence-electron chi connectivity index (χ1n) is 27.0. The highest BCUT2D eigenvalue weighted by molar-refractivity contribution is 7.85. The van der Waals surface area contributed by atoms with Crippen LogP contribution in [0, 0.1) is 0 Å². The highest BCUT2D eigenvalue weighted by Crippen LogP contribution is 2.24. The predicted octanol–water partition coefficient (Wildman–Crippen LogP) is 12.5. The van der Waals surface area contributed by atoms with Gasteiger partial charge in [-0.15, -0.1) is 0 Å². The Morgan fingerprint density at radius 2 is 0.896 bits per heavy atom. The minimum atomic E-state index is -4.61. The van der Waals surface area contributed by atoms with Crippen LogP contribution in [0.25, 0.3) is 0 Å². The third-order valence-corrected chi connectivity index (χ3v) is 13.2. The zero-order valence-electron chi connectivity index (χ0n) is 42.3. The Balaban J connectivity index is 2.33. The summed E-state index contributed by atoms with van der Waals surface area (Å²) in [5.74, 6) is -1.99. The largest absolute Gasteiger partial charge is 0.462 e. The standard InChI is InChI=1S/C54H98O12S/c1-3-5-7-9-11-13-15-17-19-21-22-23-24-25-26-27-29-30-32-34-36-38-40-42-49(55)63-44-47(45-64-54-53(59)52(58)51(57)48(66-54)46-67(60,61)62)65-50(56)43-41-39-37-35-33-31-28-20-18-16-14-12-10-8-6-4-2/h14,16,20-22,28,47-48,51-54,57-59H,3-13,15,17-19,23-27,29-46H2,1-2H3,(H,60,61,62)/b16-14-,22-21-,28-20-. The average Bonchev–Trinajstić information content (AvgIpc) is 3.30. The summed E-state index contributed by atoms with van der Waals surface area (Å²) in [6, 6.07) is 0. The summed E-state index contributed by atoms with van der Waals surface area (Å²) in [6.07, 6.45) is 43.3. The molecule has 0 amide bonds. The molecule has 4 N–H and O–H groups in total. The molecule has 0 aromatic heterocycles. The van der Waals surface area contributed by atoms with E-state index in [-0.39, 0.29) is 19.4 Å². The minimum Gasteiger partial charge on any atom is -0.462 e. The van der Waals surface area contributed by atoms with E-state index in [1.54, 1.807) is 0 Å². The number of hydrogen-bond donors (Lipinski definition) is 4. The fourth-order valence-corrected chi connectivity index (χ4v) is 8.92. The summed E-state index contributed by atoms with van der Waals surface area (Å²) in [5.41, 5.74) is 0. The first kappa shape index (κ1) is 62.9. The number of esters is 2. The Labute approximate surface area is 408 Å². The van der Waals surface area contributed by atoms with Gasteiger partial charge in [-0.2, -0.15) is 8.42 Å². The van der Waals surface area contributed by atoms with Crippen molar-refractivity contribution < 1.29 is 56.8 Å². The highest BCUT2D eigenvalue weighted by Gasteiger charge is 2.46. The number of ether oxygens (including phenoxy) is 4. The molecule has 1 aliphatic heterocycles. The van der Waals surface area contributed by atoms with Crippen molar-refractivity contribution in [3.8, 4) is 0 Å². The van der Waals surface area contributed by atoms with Crippen LogP contribution >= 0.6 is 0 Å². The third kappa shape index (κ3) is 38.3. The molecule has 6 unspecified atom stereocenters. The molecule has 392 valence electrons. The molecule has 0 aliphatic carbocycles. The maximum Gasteiger partial charge on any atom is 0.306 e. The summed E-state index contributed by atoms with van der Waals surface area (Å²) in [6.45, 7) is 3.76. The molecule has 0 bridgehead atoms. The van der Waals surface area contributed by atoms with Gasteiger partial charge in [-0.25, -0.2) is 0 Å². The molecule has 0 spiro atoms. The molecule has 67 heavy (non-hydrogen) atoms. The molecule has 12 nitrogen and oxygen atoms in total. The number of hydrogen-bond acceptors (Lipinski definition) is 11. The van der Waals surface area contributed by atoms with Gasteiger partial charge >= 0.3 is 11.9 Å². The molecule has 1 heterocycles. The second-order valence-corrected chi connectivity index (χ2v) is 20.4. The van der Waals surface area contributed by atoms with E-state index in [0.717, 1.165) is 64.2 Å². The van der Waals surface area contributed by atoms with Crippen molar-refractivity contribution >= 4 is 22.1 Å². The topological polar surface area (TPSA) is 186 Å². The van der Waals surface area contributed by atoms with Crippen LogP contribution in [0.15, 0.2) is 36.5 Å². The zero-order chi connectivity index (χ0) is 49.1. The Morgan fingerprint density at radius 3 is 1.34 bits per heavy atom. The lowest BCUT2D eigenvalue weighted by Gasteiger charge is -2.40. The van der Waals surface area contributed by atoms with E-state index in [1.165, 1.54) is 135 Å². The van der Waals surface area contributed by atoms with Crippen molar-refractivity contribution in [1.82, 2.24) is 0 Å². The number of aliphatic hydroxyl groups is 3. The molecule has 0 aromatic carbocycles. The van der Waals surface area contributed by atoms with Gasteiger partial charge in [-0.1, -0.05) is 192 Å². The Bertz CT molecular complexity index is 1370. The van der Waals surface area contributed by atoms with E-state index >= 15 is 0 Å². The molecular formula is C54H98O12S. The van der Waals surface area contributed by atoms with Crippen molar-refractivity contribution in [2.45, 2.75) is 275 Å². The molecule has 0 aromatic rings. The van der Waals surface area contributed by atoms with Crippen molar-refractivity contribution in [2.75, 3.05) is 19.0 Å². The predicted molar refractivity (Wildman–Crippen MR) is 270 cm³/mol. The van der Waals surface area contributed by atoms with Crippen LogP contribution in [0.5, 0.6) is 0 Å². The van der Waals surface area contributed by atoms with Gasteiger partial charge in [0.2, 0.25) is 0 Å². The summed E-state index contributed by atoms with van der Waals surface area (Å²) < 4.78 is 54.3. The summed E-state index contributed by atoms with van der Waals surface area (Å²) in [7, 11) is -4.61. The van der Waals surface area contributed by atoms with Gasteiger partial charge in [-0.3, -0.25) is 14.1 Å². The van der Waals surface area contributed by atoms with Crippen LogP contribution in [-0.2, 0) is 38.7 Å². The normalized spacial score (nSPS) is 19.5. The summed E-state index contributed by atoms with van der Waals surface area (Å²) in [4.78, 5) is 25.5. The van der Waals surface area contributed by atoms with Crippen LogP contribution in [0.2, 0.25) is 0 Å². The zero-order valence-corrected chi connectivity index (χ0v) is 43.1. The summed E-state index contributed by atoms with van der Waals surface area (Å²) >= 11 is 0. The van der Waals surface area contributed by atoms with Crippen LogP contribution in [0.3, 0.4) is 0 Å². The SMILES string of the molecule is CCCCCC/C=C\C/C=C\CCCCCCCC(=O)OC(COC(=O)CCCCCCCCCCCCC/C=C\CCCCCCCCCC)COC1OC(CS(=O)(=O)O)C(O)C(O)C1O. The van der Waals surface area contributed by atoms with E-state index in [4.69, 9.17) is 18.9 Å². The maximum atomic E-state index is 12.9. The van der Waals surface area contributed by atoms with E-state index < -0.39 is 71.2 Å². The van der Waals surface area contributed by atoms with Gasteiger partial charge in [0.25, 0.3) is 10.1 Å². The number of rotatable bonds is 46. The second kappa shape index (κ2) is 43.9. The first-order chi connectivity index (χ1) is 32.5. The number of carbonyl (C=O) groups excluding carboxylic acids is 2. The van der Waals surface area contributed by atoms with Gasteiger partial charge in [0.05, 0.1) is 6.61 Å². The highest BCUT2D eigenvalue weighted by atomic mass is 32.2. The number of unbranched alkanes of at least 4 members (excludes halogenated alkanes) is 28. The van der Waals surface area contributed by atoms with Crippen LogP contribution < -0.4 is 0 Å². The number of carbonyl (C=O) groups is 2. The third-order valence-electron chi connectivity index (χ3n) is 12.4. The lowest BCUT2D eigenvalue weighted by atomic mass is 10.00. The quantitative estimate of drug-likeness (QED) is 0.0196. The van der Waals surface area contributed by atoms with E-state index in [9.17, 15) is 37.9 Å². The lowest BCUT2D eigenvalue weighted by Crippen LogP contribution is -2.60. The molecule has 13 heteroatoms. The summed E-state index contributed by atoms with van der Waals surface area (Å²) in [5, 5.41) is 31.0. The van der Waals surface area contributed by atoms with Crippen molar-refractivity contribution in [3.05, 3.63) is 36.5 Å². The molecule has 1 aliphatic rings. The van der Waals surface area contributed by atoms with Crippen LogP contribution in [0.1, 0.15) is 239 Å². The molecule has 1 saturated heterocycles. The Hall–Kier alpha value is -2.13. The minimum absolute atomic E-state index is 0.149. The van der Waals surface area contributed by atoms with Crippen LogP contribution in [-0.4, -0.2) is 96.0 Å². The van der Waals surface area contributed by atoms with Crippen molar-refractivity contribution in [2.24, 2.45) is 0 Å². The molecule has 0 saturated carbocycles. The van der Waals surface area contributed by atoms with Gasteiger partial charge in [0.15, 0.2) is 12.4 Å². The monoisotopic (exact) mass is 971 g/mol. The molecular weight excluding hydrogens is 873 g/mol. The Morgan fingerprint density at radius 1 is 0.507 bits per heavy atom. The fraction of sp³-hybridized carbons (Fsp3) is 0.852. The van der Waals surface area contributed by atoms with E-state index in [0.29, 0.717) is 12.8 Å². The lowest BCUT2D eigenvalue weighted by molar-refractivity contribution is -0.297. The van der Waals surface area contributed by atoms with Gasteiger partial charge < -0.3 is 34.3 Å². The molecule has 6 atom stereocenters. The number of aliphatic hydroxyl groups excluding tert-OH is 3. The molecule has 0 radical (unpaired) electrons. The first-order valence-corrected chi connectivity index (χ1v) is 28.7. The van der Waals surface area contributed by atoms with Crippen molar-refractivity contribution in [3.63, 3.8) is 0 Å². The van der Waals surface area contributed by atoms with Crippen molar-refractivity contribution in [1.29, 1.82) is 0 Å².